The number of hydrogen-bond donors (Lipinski definition) is 2. The number of amides is 3. The highest BCUT2D eigenvalue weighted by Crippen LogP contribution is 2.31. The SMILES string of the molecule is CC(NC(=O)C(C1CCCC1)N1CCN(C(=O)Nc2cccc(Cl)c2)CC1)c1ccccc1. The molecule has 1 saturated heterocycles. The van der Waals surface area contributed by atoms with Gasteiger partial charge in [-0.2, -0.15) is 0 Å². The van der Waals surface area contributed by atoms with Crippen LogP contribution in [0.2, 0.25) is 5.02 Å². The normalized spacial score (nSPS) is 19.2. The van der Waals surface area contributed by atoms with Gasteiger partial charge in [-0.3, -0.25) is 9.69 Å². The molecule has 0 spiro atoms. The fourth-order valence-corrected chi connectivity index (χ4v) is 5.24. The number of nitrogens with one attached hydrogen (secondary N) is 2. The van der Waals surface area contributed by atoms with Gasteiger partial charge in [-0.05, 0) is 49.4 Å². The molecule has 1 heterocycles. The van der Waals surface area contributed by atoms with Crippen molar-refractivity contribution in [1.29, 1.82) is 0 Å². The molecule has 2 aromatic carbocycles. The van der Waals surface area contributed by atoms with Crippen molar-refractivity contribution in [2.45, 2.75) is 44.7 Å². The molecule has 2 aliphatic rings. The first-order valence-electron chi connectivity index (χ1n) is 11.9. The predicted octanol–water partition coefficient (Wildman–Crippen LogP) is 4.93. The quantitative estimate of drug-likeness (QED) is 0.632. The summed E-state index contributed by atoms with van der Waals surface area (Å²) in [6, 6.07) is 16.9. The van der Waals surface area contributed by atoms with Crippen molar-refractivity contribution in [3.05, 3.63) is 65.2 Å². The summed E-state index contributed by atoms with van der Waals surface area (Å²) in [6.07, 6.45) is 4.55. The summed E-state index contributed by atoms with van der Waals surface area (Å²) in [5.74, 6) is 0.481. The Morgan fingerprint density at radius 3 is 2.33 bits per heavy atom. The van der Waals surface area contributed by atoms with E-state index in [1.807, 2.05) is 54.3 Å². The fourth-order valence-electron chi connectivity index (χ4n) is 5.05. The van der Waals surface area contributed by atoms with E-state index in [-0.39, 0.29) is 24.0 Å². The largest absolute Gasteiger partial charge is 0.348 e. The Hall–Kier alpha value is -2.57. The zero-order valence-corrected chi connectivity index (χ0v) is 19.9. The fraction of sp³-hybridized carbons (Fsp3) is 0.462. The van der Waals surface area contributed by atoms with Crippen molar-refractivity contribution in [3.63, 3.8) is 0 Å². The number of carbonyl (C=O) groups excluding carboxylic acids is 2. The number of rotatable bonds is 6. The van der Waals surface area contributed by atoms with Crippen molar-refractivity contribution in [3.8, 4) is 0 Å². The van der Waals surface area contributed by atoms with Crippen LogP contribution in [0.4, 0.5) is 10.5 Å². The van der Waals surface area contributed by atoms with Crippen LogP contribution < -0.4 is 10.6 Å². The highest BCUT2D eigenvalue weighted by molar-refractivity contribution is 6.30. The number of hydrogen-bond acceptors (Lipinski definition) is 3. The van der Waals surface area contributed by atoms with Gasteiger partial charge in [0.05, 0.1) is 12.1 Å². The molecule has 6 nitrogen and oxygen atoms in total. The minimum atomic E-state index is -0.142. The second kappa shape index (κ2) is 11.0. The van der Waals surface area contributed by atoms with Crippen LogP contribution in [0.25, 0.3) is 0 Å². The summed E-state index contributed by atoms with van der Waals surface area (Å²) in [4.78, 5) is 30.3. The summed E-state index contributed by atoms with van der Waals surface area (Å²) in [7, 11) is 0. The maximum Gasteiger partial charge on any atom is 0.321 e. The molecule has 176 valence electrons. The molecule has 4 rings (SSSR count). The number of anilines is 1. The third kappa shape index (κ3) is 6.06. The molecule has 0 aromatic heterocycles. The van der Waals surface area contributed by atoms with Crippen LogP contribution in [0.15, 0.2) is 54.6 Å². The molecular weight excluding hydrogens is 436 g/mol. The lowest BCUT2D eigenvalue weighted by atomic mass is 9.94. The molecule has 7 heteroatoms. The molecule has 2 N–H and O–H groups in total. The van der Waals surface area contributed by atoms with Crippen molar-refractivity contribution >= 4 is 29.2 Å². The molecule has 2 fully saturated rings. The molecule has 1 aliphatic heterocycles. The van der Waals surface area contributed by atoms with E-state index in [0.717, 1.165) is 18.4 Å². The van der Waals surface area contributed by atoms with Gasteiger partial charge in [0, 0.05) is 36.9 Å². The topological polar surface area (TPSA) is 64.7 Å². The standard InChI is InChI=1S/C26H33ClN4O2/c1-19(20-8-3-2-4-9-20)28-25(32)24(21-10-5-6-11-21)30-14-16-31(17-15-30)26(33)29-23-13-7-12-22(27)18-23/h2-4,7-9,12-13,18-19,21,24H,5-6,10-11,14-17H2,1H3,(H,28,32)(H,29,33). The van der Waals surface area contributed by atoms with E-state index in [4.69, 9.17) is 11.6 Å². The van der Waals surface area contributed by atoms with Gasteiger partial charge in [0.15, 0.2) is 0 Å². The molecule has 33 heavy (non-hydrogen) atoms. The number of urea groups is 1. The molecule has 2 unspecified atom stereocenters. The Kier molecular flexibility index (Phi) is 7.89. The highest BCUT2D eigenvalue weighted by Gasteiger charge is 2.37. The first-order valence-corrected chi connectivity index (χ1v) is 12.3. The lowest BCUT2D eigenvalue weighted by Crippen LogP contribution is -2.58. The summed E-state index contributed by atoms with van der Waals surface area (Å²) in [6.45, 7) is 4.61. The lowest BCUT2D eigenvalue weighted by molar-refractivity contribution is -0.129. The van der Waals surface area contributed by atoms with E-state index in [1.54, 1.807) is 12.1 Å². The lowest BCUT2D eigenvalue weighted by Gasteiger charge is -2.41. The Morgan fingerprint density at radius 2 is 1.67 bits per heavy atom. The minimum Gasteiger partial charge on any atom is -0.348 e. The number of halogens is 1. The van der Waals surface area contributed by atoms with Crippen molar-refractivity contribution in [1.82, 2.24) is 15.1 Å². The van der Waals surface area contributed by atoms with Crippen molar-refractivity contribution in [2.24, 2.45) is 5.92 Å². The number of piperazine rings is 1. The Labute approximate surface area is 201 Å². The molecule has 3 amide bonds. The van der Waals surface area contributed by atoms with Crippen molar-refractivity contribution in [2.75, 3.05) is 31.5 Å². The molecular formula is C26H33ClN4O2. The van der Waals surface area contributed by atoms with E-state index >= 15 is 0 Å². The van der Waals surface area contributed by atoms with E-state index in [2.05, 4.69) is 15.5 Å². The van der Waals surface area contributed by atoms with Gasteiger partial charge in [0.2, 0.25) is 5.91 Å². The van der Waals surface area contributed by atoms with E-state index in [0.29, 0.717) is 42.8 Å². The monoisotopic (exact) mass is 468 g/mol. The first kappa shape index (κ1) is 23.6. The maximum atomic E-state index is 13.4. The van der Waals surface area contributed by atoms with Crippen LogP contribution in [0.5, 0.6) is 0 Å². The minimum absolute atomic E-state index is 0.0348. The van der Waals surface area contributed by atoms with Crippen LogP contribution in [0, 0.1) is 5.92 Å². The summed E-state index contributed by atoms with van der Waals surface area (Å²) in [5, 5.41) is 6.77. The predicted molar refractivity (Wildman–Crippen MR) is 132 cm³/mol. The van der Waals surface area contributed by atoms with Crippen LogP contribution in [0.1, 0.15) is 44.2 Å². The zero-order valence-electron chi connectivity index (χ0n) is 19.2. The average molecular weight is 469 g/mol. The molecule has 0 bridgehead atoms. The van der Waals surface area contributed by atoms with E-state index in [9.17, 15) is 9.59 Å². The van der Waals surface area contributed by atoms with Crippen LogP contribution in [0.3, 0.4) is 0 Å². The molecule has 2 aromatic rings. The second-order valence-electron chi connectivity index (χ2n) is 9.09. The Morgan fingerprint density at radius 1 is 0.970 bits per heavy atom. The third-order valence-electron chi connectivity index (χ3n) is 6.84. The molecule has 0 radical (unpaired) electrons. The summed E-state index contributed by atoms with van der Waals surface area (Å²) < 4.78 is 0. The zero-order chi connectivity index (χ0) is 23.2. The van der Waals surface area contributed by atoms with Gasteiger partial charge in [-0.25, -0.2) is 4.79 Å². The first-order chi connectivity index (χ1) is 16.0. The molecule has 1 aliphatic carbocycles. The molecule has 1 saturated carbocycles. The number of nitrogens with zero attached hydrogens (tertiary/aromatic N) is 2. The van der Waals surface area contributed by atoms with Gasteiger partial charge < -0.3 is 15.5 Å². The van der Waals surface area contributed by atoms with Gasteiger partial charge in [-0.1, -0.05) is 60.8 Å². The third-order valence-corrected chi connectivity index (χ3v) is 7.08. The summed E-state index contributed by atoms with van der Waals surface area (Å²) >= 11 is 6.03. The Balaban J connectivity index is 1.37. The molecule has 2 atom stereocenters. The number of benzene rings is 2. The average Bonchev–Trinajstić information content (AvgIpc) is 3.34. The second-order valence-corrected chi connectivity index (χ2v) is 9.53. The van der Waals surface area contributed by atoms with Gasteiger partial charge >= 0.3 is 6.03 Å². The van der Waals surface area contributed by atoms with E-state index < -0.39 is 0 Å². The smallest absolute Gasteiger partial charge is 0.321 e. The maximum absolute atomic E-state index is 13.4. The Bertz CT molecular complexity index is 940. The van der Waals surface area contributed by atoms with E-state index in [1.165, 1.54) is 12.8 Å². The van der Waals surface area contributed by atoms with Gasteiger partial charge in [0.25, 0.3) is 0 Å². The van der Waals surface area contributed by atoms with Crippen molar-refractivity contribution < 1.29 is 9.59 Å². The van der Waals surface area contributed by atoms with Gasteiger partial charge in [-0.15, -0.1) is 0 Å². The van der Waals surface area contributed by atoms with Crippen LogP contribution in [-0.4, -0.2) is 54.0 Å². The highest BCUT2D eigenvalue weighted by atomic mass is 35.5. The number of carbonyl (C=O) groups is 2. The van der Waals surface area contributed by atoms with Crippen LogP contribution >= 0.6 is 11.6 Å². The van der Waals surface area contributed by atoms with Crippen LogP contribution in [-0.2, 0) is 4.79 Å². The van der Waals surface area contributed by atoms with Gasteiger partial charge in [0.1, 0.15) is 0 Å². The summed E-state index contributed by atoms with van der Waals surface area (Å²) in [5.41, 5.74) is 1.80.